The summed E-state index contributed by atoms with van der Waals surface area (Å²) in [4.78, 5) is 12.7. The lowest BCUT2D eigenvalue weighted by atomic mass is 9.87. The summed E-state index contributed by atoms with van der Waals surface area (Å²) in [6.07, 6.45) is 1.34. The molecule has 1 N–H and O–H groups in total. The van der Waals surface area contributed by atoms with Gasteiger partial charge >= 0.3 is 0 Å². The normalized spacial score (nSPS) is 13.2. The molecule has 1 aliphatic heterocycles. The van der Waals surface area contributed by atoms with Crippen molar-refractivity contribution < 1.29 is 9.53 Å². The van der Waals surface area contributed by atoms with Crippen LogP contribution in [-0.2, 0) is 11.2 Å². The van der Waals surface area contributed by atoms with Gasteiger partial charge < -0.3 is 10.1 Å². The van der Waals surface area contributed by atoms with Gasteiger partial charge in [0.05, 0.1) is 6.61 Å². The molecule has 2 aromatic rings. The highest BCUT2D eigenvalue weighted by molar-refractivity contribution is 5.96. The molecule has 160 valence electrons. The molecule has 0 unspecified atom stereocenters. The first-order valence-electron chi connectivity index (χ1n) is 10.9. The van der Waals surface area contributed by atoms with Crippen LogP contribution >= 0.6 is 0 Å². The lowest BCUT2D eigenvalue weighted by Crippen LogP contribution is -2.21. The van der Waals surface area contributed by atoms with Crippen LogP contribution in [0.3, 0.4) is 0 Å². The number of ether oxygens (including phenoxy) is 1. The van der Waals surface area contributed by atoms with Crippen molar-refractivity contribution in [2.75, 3.05) is 11.9 Å². The second kappa shape index (κ2) is 8.29. The quantitative estimate of drug-likeness (QED) is 0.594. The summed E-state index contributed by atoms with van der Waals surface area (Å²) in [7, 11) is 0. The first-order chi connectivity index (χ1) is 14.0. The molecule has 3 rings (SSSR count). The highest BCUT2D eigenvalue weighted by Gasteiger charge is 2.27. The third-order valence-electron chi connectivity index (χ3n) is 5.86. The van der Waals surface area contributed by atoms with Gasteiger partial charge in [0.25, 0.3) is 0 Å². The van der Waals surface area contributed by atoms with E-state index in [1.807, 2.05) is 0 Å². The average Bonchev–Trinajstić information content (AvgIpc) is 3.13. The van der Waals surface area contributed by atoms with Gasteiger partial charge in [-0.2, -0.15) is 0 Å². The zero-order valence-corrected chi connectivity index (χ0v) is 19.5. The number of benzene rings is 2. The van der Waals surface area contributed by atoms with E-state index in [2.05, 4.69) is 84.6 Å². The predicted octanol–water partition coefficient (Wildman–Crippen LogP) is 6.80. The van der Waals surface area contributed by atoms with E-state index in [1.165, 1.54) is 11.1 Å². The minimum Gasteiger partial charge on any atom is -0.492 e. The van der Waals surface area contributed by atoms with Gasteiger partial charge in [-0.3, -0.25) is 4.79 Å². The summed E-state index contributed by atoms with van der Waals surface area (Å²) in [6.45, 7) is 19.9. The van der Waals surface area contributed by atoms with E-state index in [1.54, 1.807) is 0 Å². The predicted molar refractivity (Wildman–Crippen MR) is 126 cm³/mol. The molecule has 0 saturated heterocycles. The van der Waals surface area contributed by atoms with Gasteiger partial charge in [0.1, 0.15) is 5.75 Å². The highest BCUT2D eigenvalue weighted by Crippen LogP contribution is 2.44. The van der Waals surface area contributed by atoms with Crippen LogP contribution in [0, 0.1) is 19.3 Å². The zero-order valence-electron chi connectivity index (χ0n) is 19.5. The van der Waals surface area contributed by atoms with Crippen LogP contribution in [0.1, 0.15) is 80.3 Å². The first-order valence-corrected chi connectivity index (χ1v) is 10.9. The fourth-order valence-electron chi connectivity index (χ4n) is 4.19. The Balaban J connectivity index is 2.05. The molecule has 2 aromatic carbocycles. The Kier molecular flexibility index (Phi) is 6.12. The molecule has 1 amide bonds. The fourth-order valence-corrected chi connectivity index (χ4v) is 4.19. The molecule has 0 atom stereocenters. The lowest BCUT2D eigenvalue weighted by molar-refractivity contribution is -0.117. The molecule has 0 aromatic heterocycles. The second-order valence-electron chi connectivity index (χ2n) is 9.95. The van der Waals surface area contributed by atoms with E-state index in [9.17, 15) is 4.79 Å². The molecule has 3 heteroatoms. The smallest absolute Gasteiger partial charge is 0.224 e. The number of fused-ring (bicyclic) bond motifs is 1. The van der Waals surface area contributed by atoms with Gasteiger partial charge in [0.15, 0.2) is 0 Å². The summed E-state index contributed by atoms with van der Waals surface area (Å²) in [5.74, 6) is 1.47. The van der Waals surface area contributed by atoms with E-state index in [0.29, 0.717) is 18.9 Å². The fraction of sp³-hybridized carbons (Fsp3) is 0.444. The maximum Gasteiger partial charge on any atom is 0.224 e. The lowest BCUT2D eigenvalue weighted by Gasteiger charge is -2.23. The SMILES string of the molecule is C=C(c1ccc(C(C)C)cc1)c1c(C)c(NC(=O)CC(C)(C)C)c(C)c2c1OCC2. The number of hydrogen-bond donors (Lipinski definition) is 1. The largest absolute Gasteiger partial charge is 0.492 e. The van der Waals surface area contributed by atoms with Crippen molar-refractivity contribution in [1.82, 2.24) is 0 Å². The summed E-state index contributed by atoms with van der Waals surface area (Å²) in [5, 5.41) is 3.20. The number of hydrogen-bond acceptors (Lipinski definition) is 2. The molecule has 0 bridgehead atoms. The van der Waals surface area contributed by atoms with Crippen LogP contribution in [0.2, 0.25) is 0 Å². The van der Waals surface area contributed by atoms with Crippen LogP contribution < -0.4 is 10.1 Å². The maximum absolute atomic E-state index is 12.7. The zero-order chi connectivity index (χ0) is 22.2. The van der Waals surface area contributed by atoms with Gasteiger partial charge in [0, 0.05) is 29.7 Å². The number of nitrogens with one attached hydrogen (secondary N) is 1. The van der Waals surface area contributed by atoms with E-state index in [-0.39, 0.29) is 11.3 Å². The maximum atomic E-state index is 12.7. The number of anilines is 1. The van der Waals surface area contributed by atoms with Crippen molar-refractivity contribution in [2.24, 2.45) is 5.41 Å². The van der Waals surface area contributed by atoms with Crippen LogP contribution in [0.4, 0.5) is 5.69 Å². The van der Waals surface area contributed by atoms with Gasteiger partial charge in [-0.05, 0) is 53.0 Å². The molecule has 3 nitrogen and oxygen atoms in total. The monoisotopic (exact) mass is 405 g/mol. The topological polar surface area (TPSA) is 38.3 Å². The third kappa shape index (κ3) is 4.45. The van der Waals surface area contributed by atoms with Crippen molar-refractivity contribution in [3.63, 3.8) is 0 Å². The minimum atomic E-state index is -0.0592. The standard InChI is InChI=1S/C27H35NO2/c1-16(2)20-9-11-21(12-10-20)17(3)24-19(5)25(28-23(29)15-27(6,7)8)18(4)22-13-14-30-26(22)24/h9-12,16H,3,13-15H2,1-2,4-8H3,(H,28,29). The molecular formula is C27H35NO2. The second-order valence-corrected chi connectivity index (χ2v) is 9.95. The number of carbonyl (C=O) groups excluding carboxylic acids is 1. The van der Waals surface area contributed by atoms with Crippen molar-refractivity contribution >= 4 is 17.2 Å². The number of carbonyl (C=O) groups is 1. The van der Waals surface area contributed by atoms with Crippen molar-refractivity contribution in [3.05, 3.63) is 64.2 Å². The summed E-state index contributed by atoms with van der Waals surface area (Å²) in [6, 6.07) is 8.61. The van der Waals surface area contributed by atoms with Crippen LogP contribution in [0.15, 0.2) is 30.8 Å². The van der Waals surface area contributed by atoms with E-state index in [0.717, 1.165) is 45.7 Å². The van der Waals surface area contributed by atoms with E-state index < -0.39 is 0 Å². The van der Waals surface area contributed by atoms with Gasteiger partial charge in [-0.25, -0.2) is 0 Å². The van der Waals surface area contributed by atoms with Crippen LogP contribution in [0.5, 0.6) is 5.75 Å². The van der Waals surface area contributed by atoms with Crippen molar-refractivity contribution in [2.45, 2.75) is 67.2 Å². The Morgan fingerprint density at radius 3 is 2.33 bits per heavy atom. The van der Waals surface area contributed by atoms with Crippen LogP contribution in [0.25, 0.3) is 5.57 Å². The molecule has 30 heavy (non-hydrogen) atoms. The van der Waals surface area contributed by atoms with E-state index >= 15 is 0 Å². The molecule has 1 heterocycles. The molecular weight excluding hydrogens is 370 g/mol. The number of amides is 1. The Bertz CT molecular complexity index is 976. The minimum absolute atomic E-state index is 0.0467. The summed E-state index contributed by atoms with van der Waals surface area (Å²) >= 11 is 0. The number of rotatable bonds is 5. The summed E-state index contributed by atoms with van der Waals surface area (Å²) in [5.41, 5.74) is 8.49. The molecule has 0 radical (unpaired) electrons. The highest BCUT2D eigenvalue weighted by atomic mass is 16.5. The Hall–Kier alpha value is -2.55. The summed E-state index contributed by atoms with van der Waals surface area (Å²) < 4.78 is 6.06. The van der Waals surface area contributed by atoms with E-state index in [4.69, 9.17) is 4.74 Å². The molecule has 0 aliphatic carbocycles. The van der Waals surface area contributed by atoms with Gasteiger partial charge in [-0.15, -0.1) is 0 Å². The first kappa shape index (κ1) is 22.1. The molecule has 1 aliphatic rings. The third-order valence-corrected chi connectivity index (χ3v) is 5.86. The van der Waals surface area contributed by atoms with Gasteiger partial charge in [0.2, 0.25) is 5.91 Å². The Labute approximate surface area is 181 Å². The van der Waals surface area contributed by atoms with Crippen molar-refractivity contribution in [1.29, 1.82) is 0 Å². The molecule has 0 saturated carbocycles. The molecule has 0 fully saturated rings. The van der Waals surface area contributed by atoms with Gasteiger partial charge in [-0.1, -0.05) is 65.5 Å². The van der Waals surface area contributed by atoms with Crippen molar-refractivity contribution in [3.8, 4) is 5.75 Å². The Morgan fingerprint density at radius 1 is 1.13 bits per heavy atom. The average molecular weight is 406 g/mol. The van der Waals surface area contributed by atoms with Crippen LogP contribution in [-0.4, -0.2) is 12.5 Å². The molecule has 0 spiro atoms. The Morgan fingerprint density at radius 2 is 1.77 bits per heavy atom.